The third-order valence-corrected chi connectivity index (χ3v) is 6.74. The molecule has 28 heavy (non-hydrogen) atoms. The molecule has 0 spiro atoms. The predicted octanol–water partition coefficient (Wildman–Crippen LogP) is 2.00. The molecule has 6 nitrogen and oxygen atoms in total. The summed E-state index contributed by atoms with van der Waals surface area (Å²) < 4.78 is 10.8. The largest absolute Gasteiger partial charge is 0.497 e. The van der Waals surface area contributed by atoms with Gasteiger partial charge in [-0.2, -0.15) is 11.8 Å². The maximum absolute atomic E-state index is 5.56. The monoisotopic (exact) mass is 406 g/mol. The Morgan fingerprint density at radius 2 is 2.04 bits per heavy atom. The summed E-state index contributed by atoms with van der Waals surface area (Å²) in [6, 6.07) is 8.26. The van der Waals surface area contributed by atoms with Gasteiger partial charge in [0.1, 0.15) is 5.75 Å². The number of hydrogen-bond acceptors (Lipinski definition) is 5. The molecule has 2 saturated heterocycles. The average molecular weight is 407 g/mol. The maximum atomic E-state index is 5.56. The fourth-order valence-electron chi connectivity index (χ4n) is 3.79. The number of guanidine groups is 1. The van der Waals surface area contributed by atoms with E-state index in [4.69, 9.17) is 14.5 Å². The van der Waals surface area contributed by atoms with E-state index >= 15 is 0 Å². The highest BCUT2D eigenvalue weighted by Crippen LogP contribution is 2.34. The van der Waals surface area contributed by atoms with E-state index in [0.29, 0.717) is 0 Å². The summed E-state index contributed by atoms with van der Waals surface area (Å²) in [5.74, 6) is 4.21. The lowest BCUT2D eigenvalue weighted by Gasteiger charge is -2.42. The van der Waals surface area contributed by atoms with Gasteiger partial charge in [0.05, 0.1) is 32.4 Å². The van der Waals surface area contributed by atoms with Crippen molar-refractivity contribution in [2.45, 2.75) is 25.3 Å². The first-order chi connectivity index (χ1) is 13.8. The second-order valence-corrected chi connectivity index (χ2v) is 8.45. The van der Waals surface area contributed by atoms with E-state index < -0.39 is 0 Å². The van der Waals surface area contributed by atoms with Crippen LogP contribution in [0.25, 0.3) is 0 Å². The number of rotatable bonds is 8. The second kappa shape index (κ2) is 10.9. The van der Waals surface area contributed by atoms with Crippen molar-refractivity contribution in [3.8, 4) is 5.75 Å². The smallest absolute Gasteiger partial charge is 0.191 e. The van der Waals surface area contributed by atoms with Crippen LogP contribution in [0.2, 0.25) is 0 Å². The van der Waals surface area contributed by atoms with Crippen molar-refractivity contribution in [1.82, 2.24) is 15.5 Å². The van der Waals surface area contributed by atoms with Crippen molar-refractivity contribution in [3.05, 3.63) is 29.8 Å². The number of morpholine rings is 1. The molecule has 0 radical (unpaired) electrons. The van der Waals surface area contributed by atoms with Crippen molar-refractivity contribution in [2.75, 3.05) is 64.6 Å². The zero-order valence-electron chi connectivity index (χ0n) is 17.2. The minimum absolute atomic E-state index is 0.187. The van der Waals surface area contributed by atoms with Crippen LogP contribution in [0.4, 0.5) is 0 Å². The van der Waals surface area contributed by atoms with Crippen LogP contribution in [0.3, 0.4) is 0 Å². The minimum atomic E-state index is 0.187. The molecular weight excluding hydrogens is 372 g/mol. The normalized spacial score (nSPS) is 23.6. The Kier molecular flexibility index (Phi) is 8.30. The van der Waals surface area contributed by atoms with Gasteiger partial charge in [-0.1, -0.05) is 12.1 Å². The Morgan fingerprint density at radius 3 is 2.68 bits per heavy atom. The Hall–Kier alpha value is -1.44. The fraction of sp³-hybridized carbons (Fsp3) is 0.667. The third kappa shape index (κ3) is 5.78. The number of ether oxygens (including phenoxy) is 2. The Balaban J connectivity index is 1.56. The molecule has 1 atom stereocenters. The first kappa shape index (κ1) is 21.3. The molecule has 2 aliphatic rings. The van der Waals surface area contributed by atoms with Gasteiger partial charge in [0.15, 0.2) is 5.96 Å². The Labute approximate surface area is 173 Å². The standard InChI is InChI=1S/C21H34N4O2S/c1-3-22-20(23-10-8-18-4-6-19(26-2)7-5-18)24-16-21(9-15-28-17-21)25-11-13-27-14-12-25/h4-7H,3,8-17H2,1-2H3,(H2,22,23,24). The maximum Gasteiger partial charge on any atom is 0.191 e. The van der Waals surface area contributed by atoms with Crippen LogP contribution in [-0.2, 0) is 11.2 Å². The summed E-state index contributed by atoms with van der Waals surface area (Å²) in [6.07, 6.45) is 2.17. The first-order valence-corrected chi connectivity index (χ1v) is 11.5. The van der Waals surface area contributed by atoms with E-state index in [0.717, 1.165) is 64.1 Å². The number of hydrogen-bond donors (Lipinski definition) is 2. The number of aliphatic imine (C=N–C) groups is 1. The Bertz CT molecular complexity index is 611. The van der Waals surface area contributed by atoms with Gasteiger partial charge in [-0.15, -0.1) is 0 Å². The zero-order valence-corrected chi connectivity index (χ0v) is 18.0. The number of benzene rings is 1. The molecule has 2 N–H and O–H groups in total. The van der Waals surface area contributed by atoms with Crippen LogP contribution in [-0.4, -0.2) is 81.0 Å². The topological polar surface area (TPSA) is 58.1 Å². The lowest BCUT2D eigenvalue weighted by atomic mass is 9.96. The number of nitrogens with one attached hydrogen (secondary N) is 2. The van der Waals surface area contributed by atoms with E-state index in [-0.39, 0.29) is 5.54 Å². The molecule has 0 aliphatic carbocycles. The van der Waals surface area contributed by atoms with Crippen molar-refractivity contribution in [1.29, 1.82) is 0 Å². The molecule has 0 bridgehead atoms. The van der Waals surface area contributed by atoms with E-state index in [9.17, 15) is 0 Å². The number of thioether (sulfide) groups is 1. The van der Waals surface area contributed by atoms with Crippen LogP contribution >= 0.6 is 11.8 Å². The Morgan fingerprint density at radius 1 is 1.25 bits per heavy atom. The van der Waals surface area contributed by atoms with Crippen LogP contribution in [0, 0.1) is 0 Å². The molecular formula is C21H34N4O2S. The number of nitrogens with zero attached hydrogens (tertiary/aromatic N) is 2. The highest BCUT2D eigenvalue weighted by molar-refractivity contribution is 7.99. The molecule has 2 heterocycles. The van der Waals surface area contributed by atoms with Crippen molar-refractivity contribution >= 4 is 17.7 Å². The first-order valence-electron chi connectivity index (χ1n) is 10.3. The van der Waals surface area contributed by atoms with Crippen LogP contribution < -0.4 is 15.4 Å². The van der Waals surface area contributed by atoms with Crippen molar-refractivity contribution in [3.63, 3.8) is 0 Å². The van der Waals surface area contributed by atoms with E-state index in [1.807, 2.05) is 12.1 Å². The molecule has 1 aromatic rings. The second-order valence-electron chi connectivity index (χ2n) is 7.35. The third-order valence-electron chi connectivity index (χ3n) is 5.51. The molecule has 2 aliphatic heterocycles. The van der Waals surface area contributed by atoms with Gasteiger partial charge in [-0.25, -0.2) is 0 Å². The SMILES string of the molecule is CCNC(=NCC1(N2CCOCC2)CCSC1)NCCc1ccc(OC)cc1. The van der Waals surface area contributed by atoms with Gasteiger partial charge >= 0.3 is 0 Å². The summed E-state index contributed by atoms with van der Waals surface area (Å²) in [4.78, 5) is 7.59. The molecule has 156 valence electrons. The fourth-order valence-corrected chi connectivity index (χ4v) is 5.26. The van der Waals surface area contributed by atoms with Crippen molar-refractivity contribution < 1.29 is 9.47 Å². The van der Waals surface area contributed by atoms with Gasteiger partial charge in [-0.05, 0) is 43.2 Å². The van der Waals surface area contributed by atoms with E-state index in [2.05, 4.69) is 46.4 Å². The van der Waals surface area contributed by atoms with E-state index in [1.165, 1.54) is 23.5 Å². The van der Waals surface area contributed by atoms with Crippen LogP contribution in [0.5, 0.6) is 5.75 Å². The highest BCUT2D eigenvalue weighted by atomic mass is 32.2. The molecule has 3 rings (SSSR count). The average Bonchev–Trinajstić information content (AvgIpc) is 3.23. The highest BCUT2D eigenvalue weighted by Gasteiger charge is 2.40. The summed E-state index contributed by atoms with van der Waals surface area (Å²) >= 11 is 2.06. The predicted molar refractivity (Wildman–Crippen MR) is 118 cm³/mol. The molecule has 2 fully saturated rings. The minimum Gasteiger partial charge on any atom is -0.497 e. The molecule has 0 saturated carbocycles. The molecule has 1 unspecified atom stereocenters. The van der Waals surface area contributed by atoms with Crippen LogP contribution in [0.1, 0.15) is 18.9 Å². The molecule has 0 aromatic heterocycles. The summed E-state index contributed by atoms with van der Waals surface area (Å²) in [5.41, 5.74) is 1.48. The number of methoxy groups -OCH3 is 1. The van der Waals surface area contributed by atoms with Gasteiger partial charge in [0.25, 0.3) is 0 Å². The van der Waals surface area contributed by atoms with Gasteiger partial charge in [0, 0.05) is 31.9 Å². The lowest BCUT2D eigenvalue weighted by molar-refractivity contribution is -0.0104. The lowest BCUT2D eigenvalue weighted by Crippen LogP contribution is -2.56. The molecule has 7 heteroatoms. The van der Waals surface area contributed by atoms with Crippen molar-refractivity contribution in [2.24, 2.45) is 4.99 Å². The van der Waals surface area contributed by atoms with Gasteiger partial charge in [0.2, 0.25) is 0 Å². The summed E-state index contributed by atoms with van der Waals surface area (Å²) in [6.45, 7) is 8.43. The summed E-state index contributed by atoms with van der Waals surface area (Å²) in [7, 11) is 1.70. The van der Waals surface area contributed by atoms with Crippen LogP contribution in [0.15, 0.2) is 29.3 Å². The zero-order chi connectivity index (χ0) is 19.7. The molecule has 0 amide bonds. The molecule has 1 aromatic carbocycles. The van der Waals surface area contributed by atoms with E-state index in [1.54, 1.807) is 7.11 Å². The summed E-state index contributed by atoms with van der Waals surface area (Å²) in [5, 5.41) is 6.90. The van der Waals surface area contributed by atoms with Gasteiger partial charge in [-0.3, -0.25) is 9.89 Å². The quantitative estimate of drug-likeness (QED) is 0.509. The van der Waals surface area contributed by atoms with Gasteiger partial charge < -0.3 is 20.1 Å².